The first-order valence-electron chi connectivity index (χ1n) is 8.54. The zero-order valence-electron chi connectivity index (χ0n) is 15.5. The lowest BCUT2D eigenvalue weighted by Gasteiger charge is -2.13. The molecule has 30 heavy (non-hydrogen) atoms. The first kappa shape index (κ1) is 21.4. The molecule has 6 nitrogen and oxygen atoms in total. The number of rotatable bonds is 6. The summed E-state index contributed by atoms with van der Waals surface area (Å²) in [6.07, 6.45) is -4.07. The summed E-state index contributed by atoms with van der Waals surface area (Å²) in [6.45, 7) is 0.111. The van der Waals surface area contributed by atoms with E-state index in [0.29, 0.717) is 11.9 Å². The predicted octanol–water partition coefficient (Wildman–Crippen LogP) is 5.26. The van der Waals surface area contributed by atoms with Crippen molar-refractivity contribution in [2.75, 3.05) is 12.4 Å². The molecule has 0 saturated carbocycles. The lowest BCUT2D eigenvalue weighted by Crippen LogP contribution is -2.10. The molecule has 0 fully saturated rings. The second-order valence-electron chi connectivity index (χ2n) is 6.00. The molecule has 0 bridgehead atoms. The van der Waals surface area contributed by atoms with E-state index in [1.54, 1.807) is 0 Å². The molecular formula is C20H15ClF3N3O3. The van der Waals surface area contributed by atoms with Crippen LogP contribution < -0.4 is 10.1 Å². The molecule has 1 heterocycles. The third kappa shape index (κ3) is 5.18. The summed E-state index contributed by atoms with van der Waals surface area (Å²) < 4.78 is 48.8. The second kappa shape index (κ2) is 9.00. The molecule has 2 aromatic carbocycles. The number of halogens is 4. The number of nitrogens with one attached hydrogen (secondary N) is 1. The number of aromatic nitrogens is 2. The van der Waals surface area contributed by atoms with Crippen molar-refractivity contribution in [2.45, 2.75) is 12.8 Å². The second-order valence-corrected chi connectivity index (χ2v) is 6.36. The minimum Gasteiger partial charge on any atom is -0.495 e. The quantitative estimate of drug-likeness (QED) is 0.419. The van der Waals surface area contributed by atoms with Gasteiger partial charge in [0.1, 0.15) is 23.1 Å². The van der Waals surface area contributed by atoms with Gasteiger partial charge in [0.25, 0.3) is 0 Å². The average molecular weight is 438 g/mol. The topological polar surface area (TPSA) is 73.3 Å². The lowest BCUT2D eigenvalue weighted by atomic mass is 10.2. The molecule has 0 aliphatic carbocycles. The molecule has 0 spiro atoms. The Morgan fingerprint density at radius 1 is 1.17 bits per heavy atom. The number of nitrogens with zero attached hydrogens (tertiary/aromatic N) is 2. The SMILES string of the molecule is COc1cc(C(=O)OCc2ccccc2)ccc1Nc1ncc(C(F)(F)F)c(Cl)n1. The highest BCUT2D eigenvalue weighted by Gasteiger charge is 2.34. The maximum Gasteiger partial charge on any atom is 0.420 e. The van der Waals surface area contributed by atoms with Gasteiger partial charge in [-0.1, -0.05) is 41.9 Å². The Bertz CT molecular complexity index is 1050. The van der Waals surface area contributed by atoms with Crippen LogP contribution in [0.1, 0.15) is 21.5 Å². The van der Waals surface area contributed by atoms with E-state index in [0.717, 1.165) is 5.56 Å². The highest BCUT2D eigenvalue weighted by atomic mass is 35.5. The van der Waals surface area contributed by atoms with Crippen molar-refractivity contribution in [2.24, 2.45) is 0 Å². The summed E-state index contributed by atoms with van der Waals surface area (Å²) in [7, 11) is 1.38. The maximum absolute atomic E-state index is 12.8. The number of hydrogen-bond donors (Lipinski definition) is 1. The Kier molecular flexibility index (Phi) is 6.41. The third-order valence-corrected chi connectivity index (χ3v) is 4.23. The fourth-order valence-corrected chi connectivity index (χ4v) is 2.70. The standard InChI is InChI=1S/C20H15ClF3N3O3/c1-29-16-9-13(18(28)30-11-12-5-3-2-4-6-12)7-8-15(16)26-19-25-10-14(17(21)27-19)20(22,23)24/h2-10H,11H2,1H3,(H,25,26,27). The van der Waals surface area contributed by atoms with Gasteiger partial charge in [-0.25, -0.2) is 14.8 Å². The molecule has 0 amide bonds. The van der Waals surface area contributed by atoms with Crippen molar-refractivity contribution < 1.29 is 27.4 Å². The van der Waals surface area contributed by atoms with Crippen LogP contribution in [-0.2, 0) is 17.5 Å². The Morgan fingerprint density at radius 2 is 1.90 bits per heavy atom. The number of carbonyl (C=O) groups excluding carboxylic acids is 1. The van der Waals surface area contributed by atoms with E-state index >= 15 is 0 Å². The number of methoxy groups -OCH3 is 1. The molecule has 0 aliphatic rings. The van der Waals surface area contributed by atoms with Crippen molar-refractivity contribution in [3.8, 4) is 5.75 Å². The number of anilines is 2. The third-order valence-electron chi connectivity index (χ3n) is 3.94. The van der Waals surface area contributed by atoms with Crippen LogP contribution in [0, 0.1) is 0 Å². The summed E-state index contributed by atoms with van der Waals surface area (Å²) in [5.41, 5.74) is 0.262. The fraction of sp³-hybridized carbons (Fsp3) is 0.150. The van der Waals surface area contributed by atoms with Gasteiger partial charge in [0.2, 0.25) is 5.95 Å². The number of benzene rings is 2. The molecule has 1 N–H and O–H groups in total. The van der Waals surface area contributed by atoms with Crippen molar-refractivity contribution in [1.82, 2.24) is 9.97 Å². The van der Waals surface area contributed by atoms with E-state index < -0.39 is 22.9 Å². The van der Waals surface area contributed by atoms with Gasteiger partial charge in [0.15, 0.2) is 0 Å². The summed E-state index contributed by atoms with van der Waals surface area (Å²) in [6, 6.07) is 13.6. The van der Waals surface area contributed by atoms with Gasteiger partial charge in [-0.2, -0.15) is 13.2 Å². The van der Waals surface area contributed by atoms with Crippen molar-refractivity contribution in [3.63, 3.8) is 0 Å². The molecule has 156 valence electrons. The van der Waals surface area contributed by atoms with E-state index in [1.807, 2.05) is 30.3 Å². The highest BCUT2D eigenvalue weighted by Crippen LogP contribution is 2.34. The molecule has 3 aromatic rings. The average Bonchev–Trinajstić information content (AvgIpc) is 2.72. The zero-order valence-corrected chi connectivity index (χ0v) is 16.3. The van der Waals surface area contributed by atoms with E-state index in [-0.39, 0.29) is 23.9 Å². The van der Waals surface area contributed by atoms with E-state index in [9.17, 15) is 18.0 Å². The number of ether oxygens (including phenoxy) is 2. The van der Waals surface area contributed by atoms with Crippen LogP contribution in [-0.4, -0.2) is 23.0 Å². The molecule has 0 saturated heterocycles. The van der Waals surface area contributed by atoms with Crippen LogP contribution in [0.25, 0.3) is 0 Å². The largest absolute Gasteiger partial charge is 0.495 e. The minimum absolute atomic E-state index is 0.111. The van der Waals surface area contributed by atoms with Gasteiger partial charge < -0.3 is 14.8 Å². The number of alkyl halides is 3. The number of hydrogen-bond acceptors (Lipinski definition) is 6. The molecule has 10 heteroatoms. The summed E-state index contributed by atoms with van der Waals surface area (Å²) in [5.74, 6) is -0.480. The number of carbonyl (C=O) groups is 1. The lowest BCUT2D eigenvalue weighted by molar-refractivity contribution is -0.137. The first-order valence-corrected chi connectivity index (χ1v) is 8.91. The van der Waals surface area contributed by atoms with Crippen LogP contribution in [0.4, 0.5) is 24.8 Å². The monoisotopic (exact) mass is 437 g/mol. The van der Waals surface area contributed by atoms with E-state index in [4.69, 9.17) is 21.1 Å². The van der Waals surface area contributed by atoms with Crippen molar-refractivity contribution in [1.29, 1.82) is 0 Å². The van der Waals surface area contributed by atoms with E-state index in [1.165, 1.54) is 25.3 Å². The van der Waals surface area contributed by atoms with Gasteiger partial charge in [-0.15, -0.1) is 0 Å². The smallest absolute Gasteiger partial charge is 0.420 e. The Balaban J connectivity index is 1.74. The van der Waals surface area contributed by atoms with Crippen LogP contribution in [0.2, 0.25) is 5.15 Å². The molecule has 3 rings (SSSR count). The Morgan fingerprint density at radius 3 is 2.53 bits per heavy atom. The minimum atomic E-state index is -4.66. The van der Waals surface area contributed by atoms with Crippen LogP contribution in [0.5, 0.6) is 5.75 Å². The molecule has 1 aromatic heterocycles. The highest BCUT2D eigenvalue weighted by molar-refractivity contribution is 6.30. The van der Waals surface area contributed by atoms with Crippen LogP contribution >= 0.6 is 11.6 Å². The Hall–Kier alpha value is -3.33. The summed E-state index contributed by atoms with van der Waals surface area (Å²) >= 11 is 5.60. The fourth-order valence-electron chi connectivity index (χ4n) is 2.46. The maximum atomic E-state index is 12.8. The first-order chi connectivity index (χ1) is 14.3. The normalized spacial score (nSPS) is 11.1. The van der Waals surface area contributed by atoms with Gasteiger partial charge in [0, 0.05) is 6.20 Å². The van der Waals surface area contributed by atoms with Crippen molar-refractivity contribution in [3.05, 3.63) is 76.6 Å². The summed E-state index contributed by atoms with van der Waals surface area (Å²) in [4.78, 5) is 19.5. The van der Waals surface area contributed by atoms with Gasteiger partial charge in [-0.05, 0) is 23.8 Å². The Labute approximate surface area is 174 Å². The predicted molar refractivity (Wildman–Crippen MR) is 104 cm³/mol. The van der Waals surface area contributed by atoms with Gasteiger partial charge in [0.05, 0.1) is 18.4 Å². The zero-order chi connectivity index (χ0) is 21.7. The molecular weight excluding hydrogens is 423 g/mol. The van der Waals surface area contributed by atoms with Crippen LogP contribution in [0.3, 0.4) is 0 Å². The number of esters is 1. The molecule has 0 aliphatic heterocycles. The van der Waals surface area contributed by atoms with E-state index in [2.05, 4.69) is 15.3 Å². The van der Waals surface area contributed by atoms with Gasteiger partial charge in [-0.3, -0.25) is 0 Å². The van der Waals surface area contributed by atoms with Gasteiger partial charge >= 0.3 is 12.1 Å². The van der Waals surface area contributed by atoms with Crippen LogP contribution in [0.15, 0.2) is 54.7 Å². The molecule has 0 atom stereocenters. The molecule has 0 unspecified atom stereocenters. The van der Waals surface area contributed by atoms with Crippen molar-refractivity contribution >= 4 is 29.2 Å². The summed E-state index contributed by atoms with van der Waals surface area (Å²) in [5, 5.41) is 1.98. The molecule has 0 radical (unpaired) electrons.